The Hall–Kier alpha value is -1.88. The van der Waals surface area contributed by atoms with Gasteiger partial charge in [0.05, 0.1) is 0 Å². The highest BCUT2D eigenvalue weighted by Gasteiger charge is 2.34. The Morgan fingerprint density at radius 2 is 1.88 bits per heavy atom. The molecule has 0 spiro atoms. The van der Waals surface area contributed by atoms with Gasteiger partial charge in [0, 0.05) is 42.8 Å². The molecule has 128 valence electrons. The minimum absolute atomic E-state index is 0.103. The molecule has 3 aliphatic heterocycles. The fourth-order valence-electron chi connectivity index (χ4n) is 4.46. The molecule has 0 radical (unpaired) electrons. The van der Waals surface area contributed by atoms with Gasteiger partial charge in [0.15, 0.2) is 0 Å². The van der Waals surface area contributed by atoms with Crippen LogP contribution in [0, 0.1) is 5.92 Å². The fourth-order valence-corrected chi connectivity index (χ4v) is 4.46. The Morgan fingerprint density at radius 1 is 1.17 bits per heavy atom. The summed E-state index contributed by atoms with van der Waals surface area (Å²) in [6.07, 6.45) is 6.95. The van der Waals surface area contributed by atoms with E-state index in [4.69, 9.17) is 0 Å². The van der Waals surface area contributed by atoms with E-state index in [1.165, 1.54) is 12.8 Å². The van der Waals surface area contributed by atoms with Crippen LogP contribution in [-0.2, 0) is 9.59 Å². The third kappa shape index (κ3) is 3.31. The van der Waals surface area contributed by atoms with Crippen molar-refractivity contribution in [2.24, 2.45) is 5.92 Å². The standard InChI is InChI=1S/C19H25N3O2/c23-18(12-13-10-15-3-4-16(11-13)20-15)21-14-5-7-17(8-6-14)22-9-1-2-19(22)24/h5-8,13,15-16,20H,1-4,9-12H2,(H,21,23). The summed E-state index contributed by atoms with van der Waals surface area (Å²) in [6.45, 7) is 0.794. The predicted octanol–water partition coefficient (Wildman–Crippen LogP) is 2.67. The van der Waals surface area contributed by atoms with E-state index in [1.54, 1.807) is 0 Å². The zero-order chi connectivity index (χ0) is 16.5. The Morgan fingerprint density at radius 3 is 2.50 bits per heavy atom. The van der Waals surface area contributed by atoms with Gasteiger partial charge < -0.3 is 15.5 Å². The number of carbonyl (C=O) groups is 2. The summed E-state index contributed by atoms with van der Waals surface area (Å²) in [6, 6.07) is 8.88. The number of nitrogens with zero attached hydrogens (tertiary/aromatic N) is 1. The molecule has 3 aliphatic rings. The fraction of sp³-hybridized carbons (Fsp3) is 0.579. The largest absolute Gasteiger partial charge is 0.326 e. The number of rotatable bonds is 4. The Bertz CT molecular complexity index is 616. The molecule has 5 nitrogen and oxygen atoms in total. The number of hydrogen-bond donors (Lipinski definition) is 2. The molecule has 4 rings (SSSR count). The van der Waals surface area contributed by atoms with Gasteiger partial charge in [-0.15, -0.1) is 0 Å². The third-order valence-corrected chi connectivity index (χ3v) is 5.58. The first-order valence-corrected chi connectivity index (χ1v) is 9.14. The lowest BCUT2D eigenvalue weighted by molar-refractivity contribution is -0.118. The van der Waals surface area contributed by atoms with Gasteiger partial charge in [0.25, 0.3) is 0 Å². The highest BCUT2D eigenvalue weighted by Crippen LogP contribution is 2.33. The molecule has 2 N–H and O–H groups in total. The number of piperidine rings is 1. The van der Waals surface area contributed by atoms with Crippen LogP contribution in [0.1, 0.15) is 44.9 Å². The average Bonchev–Trinajstić information content (AvgIpc) is 3.13. The molecule has 0 aliphatic carbocycles. The lowest BCUT2D eigenvalue weighted by atomic mass is 9.89. The molecule has 24 heavy (non-hydrogen) atoms. The predicted molar refractivity (Wildman–Crippen MR) is 93.9 cm³/mol. The summed E-state index contributed by atoms with van der Waals surface area (Å²) >= 11 is 0. The minimum Gasteiger partial charge on any atom is -0.326 e. The van der Waals surface area contributed by atoms with Crippen LogP contribution in [0.25, 0.3) is 0 Å². The topological polar surface area (TPSA) is 61.4 Å². The molecule has 0 aromatic heterocycles. The van der Waals surface area contributed by atoms with Crippen molar-refractivity contribution in [3.05, 3.63) is 24.3 Å². The van der Waals surface area contributed by atoms with Gasteiger partial charge in [-0.05, 0) is 62.3 Å². The highest BCUT2D eigenvalue weighted by molar-refractivity contribution is 5.96. The van der Waals surface area contributed by atoms with Gasteiger partial charge in [0.1, 0.15) is 0 Å². The van der Waals surface area contributed by atoms with Crippen molar-refractivity contribution in [2.75, 3.05) is 16.8 Å². The van der Waals surface area contributed by atoms with Crippen molar-refractivity contribution in [1.82, 2.24) is 5.32 Å². The smallest absolute Gasteiger partial charge is 0.227 e. The summed E-state index contributed by atoms with van der Waals surface area (Å²) in [4.78, 5) is 25.9. The molecule has 2 amide bonds. The van der Waals surface area contributed by atoms with E-state index in [9.17, 15) is 9.59 Å². The first-order valence-electron chi connectivity index (χ1n) is 9.14. The van der Waals surface area contributed by atoms with Crippen LogP contribution in [0.5, 0.6) is 0 Å². The molecular formula is C19H25N3O2. The Balaban J connectivity index is 1.31. The number of nitrogens with one attached hydrogen (secondary N) is 2. The number of benzene rings is 1. The monoisotopic (exact) mass is 327 g/mol. The summed E-state index contributed by atoms with van der Waals surface area (Å²) in [7, 11) is 0. The van der Waals surface area contributed by atoms with Crippen molar-refractivity contribution in [1.29, 1.82) is 0 Å². The Labute approximate surface area is 142 Å². The van der Waals surface area contributed by atoms with Crippen molar-refractivity contribution in [2.45, 2.75) is 57.0 Å². The van der Waals surface area contributed by atoms with Gasteiger partial charge in [-0.3, -0.25) is 9.59 Å². The summed E-state index contributed by atoms with van der Waals surface area (Å²) in [5.41, 5.74) is 1.73. The van der Waals surface area contributed by atoms with E-state index < -0.39 is 0 Å². The van der Waals surface area contributed by atoms with Crippen LogP contribution in [0.3, 0.4) is 0 Å². The zero-order valence-electron chi connectivity index (χ0n) is 14.0. The highest BCUT2D eigenvalue weighted by atomic mass is 16.2. The van der Waals surface area contributed by atoms with Gasteiger partial charge in [-0.2, -0.15) is 0 Å². The molecular weight excluding hydrogens is 302 g/mol. The van der Waals surface area contributed by atoms with E-state index in [0.29, 0.717) is 30.8 Å². The summed E-state index contributed by atoms with van der Waals surface area (Å²) in [5, 5.41) is 6.62. The SMILES string of the molecule is O=C(CC1CC2CCC(C1)N2)Nc1ccc(N2CCCC2=O)cc1. The first-order chi connectivity index (χ1) is 11.7. The van der Waals surface area contributed by atoms with Crippen molar-refractivity contribution in [3.8, 4) is 0 Å². The van der Waals surface area contributed by atoms with Gasteiger partial charge in [-0.1, -0.05) is 0 Å². The second-order valence-electron chi connectivity index (χ2n) is 7.42. The molecule has 3 saturated heterocycles. The molecule has 2 bridgehead atoms. The average molecular weight is 327 g/mol. The first kappa shape index (κ1) is 15.6. The molecule has 2 unspecified atom stereocenters. The number of fused-ring (bicyclic) bond motifs is 2. The molecule has 2 atom stereocenters. The van der Waals surface area contributed by atoms with E-state index in [0.717, 1.165) is 37.2 Å². The van der Waals surface area contributed by atoms with Crippen molar-refractivity contribution >= 4 is 23.2 Å². The summed E-state index contributed by atoms with van der Waals surface area (Å²) < 4.78 is 0. The maximum atomic E-state index is 12.3. The zero-order valence-corrected chi connectivity index (χ0v) is 14.0. The Kier molecular flexibility index (Phi) is 4.27. The van der Waals surface area contributed by atoms with Crippen LogP contribution >= 0.6 is 0 Å². The van der Waals surface area contributed by atoms with E-state index in [-0.39, 0.29) is 11.8 Å². The van der Waals surface area contributed by atoms with Crippen LogP contribution in [-0.4, -0.2) is 30.4 Å². The van der Waals surface area contributed by atoms with Crippen LogP contribution in [0.15, 0.2) is 24.3 Å². The van der Waals surface area contributed by atoms with Gasteiger partial charge >= 0.3 is 0 Å². The van der Waals surface area contributed by atoms with E-state index >= 15 is 0 Å². The maximum absolute atomic E-state index is 12.3. The molecule has 3 fully saturated rings. The summed E-state index contributed by atoms with van der Waals surface area (Å²) in [5.74, 6) is 0.795. The van der Waals surface area contributed by atoms with E-state index in [2.05, 4.69) is 10.6 Å². The minimum atomic E-state index is 0.103. The maximum Gasteiger partial charge on any atom is 0.227 e. The van der Waals surface area contributed by atoms with Gasteiger partial charge in [-0.25, -0.2) is 0 Å². The number of anilines is 2. The number of amides is 2. The van der Waals surface area contributed by atoms with Crippen LogP contribution < -0.4 is 15.5 Å². The second kappa shape index (κ2) is 6.55. The number of carbonyl (C=O) groups excluding carboxylic acids is 2. The quantitative estimate of drug-likeness (QED) is 0.894. The molecule has 3 heterocycles. The molecule has 1 aromatic rings. The molecule has 5 heteroatoms. The molecule has 1 aromatic carbocycles. The van der Waals surface area contributed by atoms with Gasteiger partial charge in [0.2, 0.25) is 11.8 Å². The molecule has 0 saturated carbocycles. The van der Waals surface area contributed by atoms with Crippen molar-refractivity contribution < 1.29 is 9.59 Å². The lowest BCUT2D eigenvalue weighted by Crippen LogP contribution is -2.39. The second-order valence-corrected chi connectivity index (χ2v) is 7.42. The van der Waals surface area contributed by atoms with Crippen molar-refractivity contribution in [3.63, 3.8) is 0 Å². The number of hydrogen-bond acceptors (Lipinski definition) is 3. The van der Waals surface area contributed by atoms with Crippen LogP contribution in [0.2, 0.25) is 0 Å². The third-order valence-electron chi connectivity index (χ3n) is 5.58. The van der Waals surface area contributed by atoms with E-state index in [1.807, 2.05) is 29.2 Å². The normalized spacial score (nSPS) is 29.1. The van der Waals surface area contributed by atoms with Crippen LogP contribution in [0.4, 0.5) is 11.4 Å². The lowest BCUT2D eigenvalue weighted by Gasteiger charge is -2.28.